The zero-order chi connectivity index (χ0) is 14.7. The van der Waals surface area contributed by atoms with Crippen molar-refractivity contribution < 1.29 is 0 Å². The maximum absolute atomic E-state index is 6.04. The summed E-state index contributed by atoms with van der Waals surface area (Å²) in [4.78, 5) is 9.17. The maximum atomic E-state index is 6.04. The lowest BCUT2D eigenvalue weighted by Crippen LogP contribution is -2.35. The molecular weight excluding hydrogens is 260 g/mol. The Morgan fingerprint density at radius 2 is 2.00 bits per heavy atom. The van der Waals surface area contributed by atoms with E-state index < -0.39 is 0 Å². The molecule has 1 saturated carbocycles. The van der Waals surface area contributed by atoms with Crippen LogP contribution in [0.15, 0.2) is 29.3 Å². The molecule has 0 atom stereocenters. The standard InChI is InChI=1S/C17H26N4/c1-20(16-7-8-16)17(18)19-12-14-5-4-6-15(11-14)13-21-9-2-3-10-21/h4-6,11,16H,2-3,7-10,12-13H2,1H3,(H2,18,19). The average molecular weight is 286 g/mol. The fraction of sp³-hybridized carbons (Fsp3) is 0.588. The van der Waals surface area contributed by atoms with Crippen LogP contribution in [0.3, 0.4) is 0 Å². The molecule has 2 fully saturated rings. The summed E-state index contributed by atoms with van der Waals surface area (Å²) >= 11 is 0. The third-order valence-corrected chi connectivity index (χ3v) is 4.48. The minimum atomic E-state index is 0.621. The number of hydrogen-bond donors (Lipinski definition) is 1. The summed E-state index contributed by atoms with van der Waals surface area (Å²) in [6.45, 7) is 4.22. The van der Waals surface area contributed by atoms with Gasteiger partial charge in [-0.05, 0) is 49.9 Å². The van der Waals surface area contributed by atoms with E-state index in [0.29, 0.717) is 18.5 Å². The Bertz CT molecular complexity index is 501. The van der Waals surface area contributed by atoms with Crippen molar-refractivity contribution in [2.75, 3.05) is 20.1 Å². The molecule has 1 aliphatic carbocycles. The fourth-order valence-electron chi connectivity index (χ4n) is 2.96. The van der Waals surface area contributed by atoms with E-state index in [-0.39, 0.29) is 0 Å². The van der Waals surface area contributed by atoms with Gasteiger partial charge in [0.1, 0.15) is 0 Å². The zero-order valence-electron chi connectivity index (χ0n) is 13.0. The zero-order valence-corrected chi connectivity index (χ0v) is 13.0. The first-order chi connectivity index (χ1) is 10.2. The number of rotatable bonds is 5. The molecule has 0 amide bonds. The van der Waals surface area contributed by atoms with E-state index in [1.807, 2.05) is 7.05 Å². The molecule has 2 N–H and O–H groups in total. The molecule has 4 heteroatoms. The van der Waals surface area contributed by atoms with Gasteiger partial charge in [0.2, 0.25) is 0 Å². The molecule has 1 aromatic rings. The van der Waals surface area contributed by atoms with Gasteiger partial charge in [0, 0.05) is 19.6 Å². The van der Waals surface area contributed by atoms with E-state index >= 15 is 0 Å². The van der Waals surface area contributed by atoms with Crippen molar-refractivity contribution in [3.63, 3.8) is 0 Å². The molecule has 4 nitrogen and oxygen atoms in total. The van der Waals surface area contributed by atoms with E-state index in [1.165, 1.54) is 49.9 Å². The molecular formula is C17H26N4. The predicted octanol–water partition coefficient (Wildman–Crippen LogP) is 2.19. The maximum Gasteiger partial charge on any atom is 0.191 e. The molecule has 0 unspecified atom stereocenters. The number of guanidine groups is 1. The van der Waals surface area contributed by atoms with Crippen molar-refractivity contribution in [3.8, 4) is 0 Å². The quantitative estimate of drug-likeness (QED) is 0.666. The van der Waals surface area contributed by atoms with E-state index in [9.17, 15) is 0 Å². The van der Waals surface area contributed by atoms with Gasteiger partial charge < -0.3 is 10.6 Å². The van der Waals surface area contributed by atoms with Gasteiger partial charge in [0.15, 0.2) is 5.96 Å². The number of likely N-dealkylation sites (tertiary alicyclic amines) is 1. The molecule has 0 bridgehead atoms. The Balaban J connectivity index is 1.58. The van der Waals surface area contributed by atoms with Gasteiger partial charge in [0.05, 0.1) is 6.54 Å². The molecule has 2 aliphatic rings. The highest BCUT2D eigenvalue weighted by Gasteiger charge is 2.27. The molecule has 1 saturated heterocycles. The molecule has 114 valence electrons. The van der Waals surface area contributed by atoms with Crippen molar-refractivity contribution in [3.05, 3.63) is 35.4 Å². The first-order valence-electron chi connectivity index (χ1n) is 8.05. The first-order valence-corrected chi connectivity index (χ1v) is 8.05. The van der Waals surface area contributed by atoms with Crippen LogP contribution in [0.5, 0.6) is 0 Å². The SMILES string of the molecule is CN(C(N)=NCc1cccc(CN2CCCC2)c1)C1CC1. The Labute approximate surface area is 127 Å². The lowest BCUT2D eigenvalue weighted by Gasteiger charge is -2.17. The van der Waals surface area contributed by atoms with Gasteiger partial charge >= 0.3 is 0 Å². The summed E-state index contributed by atoms with van der Waals surface area (Å²) in [5.74, 6) is 0.669. The number of benzene rings is 1. The molecule has 3 rings (SSSR count). The van der Waals surface area contributed by atoms with Crippen LogP contribution in [0.25, 0.3) is 0 Å². The topological polar surface area (TPSA) is 44.9 Å². The number of nitrogens with zero attached hydrogens (tertiary/aromatic N) is 3. The lowest BCUT2D eigenvalue weighted by molar-refractivity contribution is 0.331. The van der Waals surface area contributed by atoms with Crippen molar-refractivity contribution in [2.24, 2.45) is 10.7 Å². The summed E-state index contributed by atoms with van der Waals surface area (Å²) in [6.07, 6.45) is 5.18. The van der Waals surface area contributed by atoms with Crippen molar-refractivity contribution in [1.82, 2.24) is 9.80 Å². The monoisotopic (exact) mass is 286 g/mol. The molecule has 21 heavy (non-hydrogen) atoms. The van der Waals surface area contributed by atoms with Gasteiger partial charge in [-0.15, -0.1) is 0 Å². The number of nitrogens with two attached hydrogens (primary N) is 1. The van der Waals surface area contributed by atoms with Gasteiger partial charge in [-0.2, -0.15) is 0 Å². The third kappa shape index (κ3) is 3.97. The summed E-state index contributed by atoms with van der Waals surface area (Å²) in [6, 6.07) is 9.38. The van der Waals surface area contributed by atoms with E-state index in [4.69, 9.17) is 5.73 Å². The van der Waals surface area contributed by atoms with Crippen LogP contribution < -0.4 is 5.73 Å². The summed E-state index contributed by atoms with van der Waals surface area (Å²) in [7, 11) is 2.04. The van der Waals surface area contributed by atoms with Crippen LogP contribution in [-0.2, 0) is 13.1 Å². The van der Waals surface area contributed by atoms with Crippen LogP contribution >= 0.6 is 0 Å². The molecule has 0 aromatic heterocycles. The van der Waals surface area contributed by atoms with Crippen LogP contribution in [0.2, 0.25) is 0 Å². The Morgan fingerprint density at radius 1 is 1.29 bits per heavy atom. The lowest BCUT2D eigenvalue weighted by atomic mass is 10.1. The highest BCUT2D eigenvalue weighted by atomic mass is 15.3. The predicted molar refractivity (Wildman–Crippen MR) is 87.1 cm³/mol. The van der Waals surface area contributed by atoms with Crippen molar-refractivity contribution in [2.45, 2.75) is 44.8 Å². The van der Waals surface area contributed by atoms with E-state index in [1.54, 1.807) is 0 Å². The van der Waals surface area contributed by atoms with Crippen LogP contribution in [0.1, 0.15) is 36.8 Å². The van der Waals surface area contributed by atoms with Gasteiger partial charge in [-0.3, -0.25) is 4.90 Å². The Hall–Kier alpha value is -1.55. The number of hydrogen-bond acceptors (Lipinski definition) is 2. The highest BCUT2D eigenvalue weighted by molar-refractivity contribution is 5.78. The summed E-state index contributed by atoms with van der Waals surface area (Å²) < 4.78 is 0. The minimum absolute atomic E-state index is 0.621. The van der Waals surface area contributed by atoms with Crippen molar-refractivity contribution in [1.29, 1.82) is 0 Å². The largest absolute Gasteiger partial charge is 0.370 e. The van der Waals surface area contributed by atoms with E-state index in [2.05, 4.69) is 39.1 Å². The molecule has 0 radical (unpaired) electrons. The smallest absolute Gasteiger partial charge is 0.191 e. The second kappa shape index (κ2) is 6.48. The summed E-state index contributed by atoms with van der Waals surface area (Å²) in [5.41, 5.74) is 8.68. The van der Waals surface area contributed by atoms with E-state index in [0.717, 1.165) is 6.54 Å². The Morgan fingerprint density at radius 3 is 2.71 bits per heavy atom. The highest BCUT2D eigenvalue weighted by Crippen LogP contribution is 2.25. The summed E-state index contributed by atoms with van der Waals surface area (Å²) in [5, 5.41) is 0. The van der Waals surface area contributed by atoms with Crippen LogP contribution in [-0.4, -0.2) is 41.9 Å². The Kier molecular flexibility index (Phi) is 4.44. The number of aliphatic imine (C=N–C) groups is 1. The third-order valence-electron chi connectivity index (χ3n) is 4.48. The second-order valence-corrected chi connectivity index (χ2v) is 6.32. The second-order valence-electron chi connectivity index (χ2n) is 6.32. The molecule has 0 spiro atoms. The van der Waals surface area contributed by atoms with Gasteiger partial charge in [-0.1, -0.05) is 24.3 Å². The molecule has 1 aliphatic heterocycles. The normalized spacial score (nSPS) is 20.0. The van der Waals surface area contributed by atoms with Crippen molar-refractivity contribution >= 4 is 5.96 Å². The first kappa shape index (κ1) is 14.4. The van der Waals surface area contributed by atoms with Gasteiger partial charge in [0.25, 0.3) is 0 Å². The van der Waals surface area contributed by atoms with Crippen LogP contribution in [0, 0.1) is 0 Å². The minimum Gasteiger partial charge on any atom is -0.370 e. The molecule has 1 aromatic carbocycles. The molecule has 1 heterocycles. The van der Waals surface area contributed by atoms with Gasteiger partial charge in [-0.25, -0.2) is 4.99 Å². The average Bonchev–Trinajstić information content (AvgIpc) is 3.23. The fourth-order valence-corrected chi connectivity index (χ4v) is 2.96. The van der Waals surface area contributed by atoms with Crippen LogP contribution in [0.4, 0.5) is 0 Å².